The predicted octanol–water partition coefficient (Wildman–Crippen LogP) is 4.38. The fourth-order valence-corrected chi connectivity index (χ4v) is 2.72. The first-order valence-corrected chi connectivity index (χ1v) is 6.18. The van der Waals surface area contributed by atoms with E-state index < -0.39 is 0 Å². The standard InChI is InChI=1S/C14H25N/c1-6-9-13(4,7-2)14(5)11-12(3)8-10-15-14/h8,10H,6-7,9,11H2,1-5H3. The van der Waals surface area contributed by atoms with Crippen molar-refractivity contribution < 1.29 is 0 Å². The van der Waals surface area contributed by atoms with Gasteiger partial charge in [0, 0.05) is 6.21 Å². The highest BCUT2D eigenvalue weighted by Gasteiger charge is 2.42. The van der Waals surface area contributed by atoms with Crippen molar-refractivity contribution in [3.63, 3.8) is 0 Å². The van der Waals surface area contributed by atoms with E-state index in [1.165, 1.54) is 24.8 Å². The Labute approximate surface area is 94.7 Å². The summed E-state index contributed by atoms with van der Waals surface area (Å²) in [5, 5.41) is 0. The molecule has 0 fully saturated rings. The molecule has 0 aromatic heterocycles. The van der Waals surface area contributed by atoms with E-state index in [0.717, 1.165) is 6.42 Å². The summed E-state index contributed by atoms with van der Waals surface area (Å²) in [7, 11) is 0. The van der Waals surface area contributed by atoms with Crippen molar-refractivity contribution in [2.75, 3.05) is 0 Å². The van der Waals surface area contributed by atoms with Gasteiger partial charge in [0.25, 0.3) is 0 Å². The molecule has 0 N–H and O–H groups in total. The molecule has 1 aliphatic heterocycles. The minimum Gasteiger partial charge on any atom is -0.286 e. The third-order valence-electron chi connectivity index (χ3n) is 4.22. The zero-order valence-corrected chi connectivity index (χ0v) is 10.9. The van der Waals surface area contributed by atoms with Gasteiger partial charge < -0.3 is 0 Å². The van der Waals surface area contributed by atoms with E-state index in [9.17, 15) is 0 Å². The molecule has 1 aliphatic rings. The van der Waals surface area contributed by atoms with Crippen LogP contribution in [0.25, 0.3) is 0 Å². The van der Waals surface area contributed by atoms with E-state index in [0.29, 0.717) is 5.41 Å². The van der Waals surface area contributed by atoms with Crippen LogP contribution in [0.3, 0.4) is 0 Å². The largest absolute Gasteiger partial charge is 0.286 e. The van der Waals surface area contributed by atoms with Gasteiger partial charge in [0.1, 0.15) is 0 Å². The van der Waals surface area contributed by atoms with Crippen LogP contribution in [0.1, 0.15) is 60.3 Å². The Hall–Kier alpha value is -0.590. The summed E-state index contributed by atoms with van der Waals surface area (Å²) in [4.78, 5) is 4.77. The van der Waals surface area contributed by atoms with Crippen molar-refractivity contribution in [3.8, 4) is 0 Å². The van der Waals surface area contributed by atoms with Crippen LogP contribution in [0.2, 0.25) is 0 Å². The molecule has 1 heterocycles. The molecule has 2 unspecified atom stereocenters. The Morgan fingerprint density at radius 2 is 2.13 bits per heavy atom. The minimum atomic E-state index is 0.108. The van der Waals surface area contributed by atoms with Gasteiger partial charge in [0.15, 0.2) is 0 Å². The molecular formula is C14H25N. The third-order valence-corrected chi connectivity index (χ3v) is 4.22. The van der Waals surface area contributed by atoms with E-state index >= 15 is 0 Å². The number of dihydropyridines is 1. The molecule has 1 nitrogen and oxygen atoms in total. The molecule has 15 heavy (non-hydrogen) atoms. The smallest absolute Gasteiger partial charge is 0.0670 e. The Kier molecular flexibility index (Phi) is 3.75. The van der Waals surface area contributed by atoms with E-state index in [2.05, 4.69) is 40.7 Å². The second kappa shape index (κ2) is 4.51. The average Bonchev–Trinajstić information content (AvgIpc) is 2.17. The summed E-state index contributed by atoms with van der Waals surface area (Å²) < 4.78 is 0. The average molecular weight is 207 g/mol. The van der Waals surface area contributed by atoms with Gasteiger partial charge in [-0.15, -0.1) is 0 Å². The monoisotopic (exact) mass is 207 g/mol. The lowest BCUT2D eigenvalue weighted by Crippen LogP contribution is -2.43. The first kappa shape index (κ1) is 12.5. The molecule has 0 saturated carbocycles. The molecule has 2 atom stereocenters. The first-order chi connectivity index (χ1) is 6.97. The molecular weight excluding hydrogens is 182 g/mol. The maximum atomic E-state index is 4.77. The van der Waals surface area contributed by atoms with E-state index in [1.54, 1.807) is 0 Å². The van der Waals surface area contributed by atoms with Gasteiger partial charge in [0.2, 0.25) is 0 Å². The highest BCUT2D eigenvalue weighted by molar-refractivity contribution is 5.74. The number of allylic oxidation sites excluding steroid dienone is 1. The summed E-state index contributed by atoms with van der Waals surface area (Å²) in [6.45, 7) is 11.5. The predicted molar refractivity (Wildman–Crippen MR) is 68.6 cm³/mol. The van der Waals surface area contributed by atoms with Crippen molar-refractivity contribution in [1.82, 2.24) is 0 Å². The fourth-order valence-electron chi connectivity index (χ4n) is 2.72. The normalized spacial score (nSPS) is 29.8. The minimum absolute atomic E-state index is 0.108. The molecule has 0 bridgehead atoms. The van der Waals surface area contributed by atoms with Crippen LogP contribution in [0.5, 0.6) is 0 Å². The Morgan fingerprint density at radius 1 is 1.47 bits per heavy atom. The second-order valence-electron chi connectivity index (χ2n) is 5.41. The lowest BCUT2D eigenvalue weighted by atomic mass is 9.64. The second-order valence-corrected chi connectivity index (χ2v) is 5.41. The molecule has 0 amide bonds. The van der Waals surface area contributed by atoms with Gasteiger partial charge in [-0.05, 0) is 44.6 Å². The van der Waals surface area contributed by atoms with E-state index in [-0.39, 0.29) is 5.54 Å². The summed E-state index contributed by atoms with van der Waals surface area (Å²) in [5.74, 6) is 0. The Bertz CT molecular complexity index is 277. The molecule has 0 aromatic rings. The van der Waals surface area contributed by atoms with Crippen molar-refractivity contribution in [1.29, 1.82) is 0 Å². The topological polar surface area (TPSA) is 12.4 Å². The lowest BCUT2D eigenvalue weighted by molar-refractivity contribution is 0.136. The molecule has 0 saturated heterocycles. The number of hydrogen-bond donors (Lipinski definition) is 0. The maximum Gasteiger partial charge on any atom is 0.0670 e. The van der Waals surface area contributed by atoms with Crippen molar-refractivity contribution in [2.24, 2.45) is 10.4 Å². The Morgan fingerprint density at radius 3 is 2.60 bits per heavy atom. The zero-order chi connectivity index (χ0) is 11.5. The third kappa shape index (κ3) is 2.32. The van der Waals surface area contributed by atoms with Crippen LogP contribution in [0, 0.1) is 5.41 Å². The van der Waals surface area contributed by atoms with Crippen molar-refractivity contribution in [2.45, 2.75) is 65.8 Å². The molecule has 1 heteroatoms. The Balaban J connectivity index is 2.93. The number of rotatable bonds is 4. The van der Waals surface area contributed by atoms with E-state index in [1.807, 2.05) is 6.21 Å². The first-order valence-electron chi connectivity index (χ1n) is 6.18. The summed E-state index contributed by atoms with van der Waals surface area (Å²) in [6.07, 6.45) is 8.99. The van der Waals surface area contributed by atoms with E-state index in [4.69, 9.17) is 4.99 Å². The number of hydrogen-bond acceptors (Lipinski definition) is 1. The van der Waals surface area contributed by atoms with Crippen LogP contribution < -0.4 is 0 Å². The van der Waals surface area contributed by atoms with Crippen LogP contribution in [-0.4, -0.2) is 11.8 Å². The van der Waals surface area contributed by atoms with Crippen molar-refractivity contribution in [3.05, 3.63) is 11.6 Å². The maximum absolute atomic E-state index is 4.77. The molecule has 0 spiro atoms. The van der Waals surface area contributed by atoms with Crippen molar-refractivity contribution >= 4 is 6.21 Å². The molecule has 0 aromatic carbocycles. The summed E-state index contributed by atoms with van der Waals surface area (Å²) in [6, 6.07) is 0. The van der Waals surface area contributed by atoms with Crippen LogP contribution >= 0.6 is 0 Å². The van der Waals surface area contributed by atoms with Gasteiger partial charge in [0.05, 0.1) is 5.54 Å². The molecule has 86 valence electrons. The van der Waals surface area contributed by atoms with Gasteiger partial charge in [-0.25, -0.2) is 0 Å². The summed E-state index contributed by atoms with van der Waals surface area (Å²) in [5.41, 5.74) is 1.91. The molecule has 0 radical (unpaired) electrons. The van der Waals surface area contributed by atoms with Gasteiger partial charge >= 0.3 is 0 Å². The summed E-state index contributed by atoms with van der Waals surface area (Å²) >= 11 is 0. The SMILES string of the molecule is CCCC(C)(CC)C1(C)CC(C)=CC=N1. The van der Waals surface area contributed by atoms with Gasteiger partial charge in [-0.3, -0.25) is 4.99 Å². The van der Waals surface area contributed by atoms with Crippen LogP contribution in [0.4, 0.5) is 0 Å². The highest BCUT2D eigenvalue weighted by atomic mass is 14.9. The fraction of sp³-hybridized carbons (Fsp3) is 0.786. The number of nitrogens with zero attached hydrogens (tertiary/aromatic N) is 1. The zero-order valence-electron chi connectivity index (χ0n) is 10.9. The molecule has 0 aliphatic carbocycles. The van der Waals surface area contributed by atoms with Gasteiger partial charge in [-0.1, -0.05) is 32.8 Å². The molecule has 1 rings (SSSR count). The highest BCUT2D eigenvalue weighted by Crippen LogP contribution is 2.46. The van der Waals surface area contributed by atoms with Crippen LogP contribution in [-0.2, 0) is 0 Å². The lowest BCUT2D eigenvalue weighted by Gasteiger charge is -2.45. The quantitative estimate of drug-likeness (QED) is 0.648. The van der Waals surface area contributed by atoms with Crippen LogP contribution in [0.15, 0.2) is 16.6 Å². The van der Waals surface area contributed by atoms with Gasteiger partial charge in [-0.2, -0.15) is 0 Å². The number of aliphatic imine (C=N–C) groups is 1.